The number of ether oxygens (including phenoxy) is 1. The number of nitrogens with zero attached hydrogens (tertiary/aromatic N) is 1. The Morgan fingerprint density at radius 2 is 1.80 bits per heavy atom. The Morgan fingerprint density at radius 1 is 1.12 bits per heavy atom. The second-order valence-electron chi connectivity index (χ2n) is 5.65. The SMILES string of the molecule is CN(C)c1ccc(C(F)(F)F)cc1NC(=O)COCc1ccccc1. The van der Waals surface area contributed by atoms with Crippen molar-refractivity contribution in [2.75, 3.05) is 30.9 Å². The number of halogens is 3. The van der Waals surface area contributed by atoms with Gasteiger partial charge in [-0.2, -0.15) is 13.2 Å². The molecule has 1 amide bonds. The van der Waals surface area contributed by atoms with E-state index in [2.05, 4.69) is 5.32 Å². The normalized spacial score (nSPS) is 11.2. The first-order chi connectivity index (χ1) is 11.8. The molecule has 134 valence electrons. The van der Waals surface area contributed by atoms with E-state index in [1.165, 1.54) is 6.07 Å². The summed E-state index contributed by atoms with van der Waals surface area (Å²) < 4.78 is 43.9. The molecular weight excluding hydrogens is 333 g/mol. The minimum atomic E-state index is -4.48. The fraction of sp³-hybridized carbons (Fsp3) is 0.278. The minimum absolute atomic E-state index is 0.0909. The van der Waals surface area contributed by atoms with Gasteiger partial charge in [-0.3, -0.25) is 4.79 Å². The lowest BCUT2D eigenvalue weighted by Crippen LogP contribution is -2.21. The number of benzene rings is 2. The molecule has 0 aliphatic heterocycles. The number of rotatable bonds is 6. The van der Waals surface area contributed by atoms with Crippen LogP contribution in [0, 0.1) is 0 Å². The van der Waals surface area contributed by atoms with Crippen molar-refractivity contribution in [1.29, 1.82) is 0 Å². The average molecular weight is 352 g/mol. The monoisotopic (exact) mass is 352 g/mol. The van der Waals surface area contributed by atoms with Crippen LogP contribution in [0.5, 0.6) is 0 Å². The summed E-state index contributed by atoms with van der Waals surface area (Å²) in [5.41, 5.74) is 0.652. The Morgan fingerprint density at radius 3 is 2.40 bits per heavy atom. The van der Waals surface area contributed by atoms with Crippen molar-refractivity contribution in [1.82, 2.24) is 0 Å². The molecule has 0 spiro atoms. The smallest absolute Gasteiger partial charge is 0.376 e. The summed E-state index contributed by atoms with van der Waals surface area (Å²) in [7, 11) is 3.37. The van der Waals surface area contributed by atoms with Crippen molar-refractivity contribution in [3.05, 3.63) is 59.7 Å². The zero-order chi connectivity index (χ0) is 18.4. The highest BCUT2D eigenvalue weighted by Gasteiger charge is 2.31. The van der Waals surface area contributed by atoms with Crippen molar-refractivity contribution >= 4 is 17.3 Å². The molecule has 0 aliphatic carbocycles. The minimum Gasteiger partial charge on any atom is -0.376 e. The Hall–Kier alpha value is -2.54. The van der Waals surface area contributed by atoms with Crippen LogP contribution in [0.15, 0.2) is 48.5 Å². The van der Waals surface area contributed by atoms with Crippen molar-refractivity contribution in [2.45, 2.75) is 12.8 Å². The maximum Gasteiger partial charge on any atom is 0.416 e. The summed E-state index contributed by atoms with van der Waals surface area (Å²) in [6.45, 7) is -0.00457. The van der Waals surface area contributed by atoms with Crippen LogP contribution in [0.1, 0.15) is 11.1 Å². The molecule has 0 bridgehead atoms. The van der Waals surface area contributed by atoms with Crippen LogP contribution in [0.25, 0.3) is 0 Å². The third kappa shape index (κ3) is 5.49. The summed E-state index contributed by atoms with van der Waals surface area (Å²) in [4.78, 5) is 13.6. The van der Waals surface area contributed by atoms with Gasteiger partial charge < -0.3 is 15.0 Å². The topological polar surface area (TPSA) is 41.6 Å². The van der Waals surface area contributed by atoms with Crippen molar-refractivity contribution in [3.8, 4) is 0 Å². The highest BCUT2D eigenvalue weighted by atomic mass is 19.4. The van der Waals surface area contributed by atoms with Crippen molar-refractivity contribution < 1.29 is 22.7 Å². The molecule has 0 unspecified atom stereocenters. The van der Waals surface area contributed by atoms with Gasteiger partial charge in [-0.15, -0.1) is 0 Å². The van der Waals surface area contributed by atoms with Crippen LogP contribution in [0.4, 0.5) is 24.5 Å². The average Bonchev–Trinajstić information content (AvgIpc) is 2.54. The lowest BCUT2D eigenvalue weighted by molar-refractivity contribution is -0.137. The first-order valence-corrected chi connectivity index (χ1v) is 7.57. The van der Waals surface area contributed by atoms with Gasteiger partial charge in [0.1, 0.15) is 6.61 Å². The van der Waals surface area contributed by atoms with E-state index in [4.69, 9.17) is 4.74 Å². The quantitative estimate of drug-likeness (QED) is 0.857. The van der Waals surface area contributed by atoms with Crippen LogP contribution >= 0.6 is 0 Å². The van der Waals surface area contributed by atoms with E-state index in [0.717, 1.165) is 17.7 Å². The van der Waals surface area contributed by atoms with Crippen LogP contribution < -0.4 is 10.2 Å². The predicted molar refractivity (Wildman–Crippen MR) is 90.5 cm³/mol. The van der Waals surface area contributed by atoms with Gasteiger partial charge in [0.2, 0.25) is 5.91 Å². The number of carbonyl (C=O) groups is 1. The van der Waals surface area contributed by atoms with Gasteiger partial charge in [0.15, 0.2) is 0 Å². The molecule has 2 rings (SSSR count). The van der Waals surface area contributed by atoms with Crippen LogP contribution in [0.3, 0.4) is 0 Å². The zero-order valence-corrected chi connectivity index (χ0v) is 13.9. The van der Waals surface area contributed by atoms with E-state index in [1.807, 2.05) is 30.3 Å². The lowest BCUT2D eigenvalue weighted by atomic mass is 10.1. The number of alkyl halides is 3. The van der Waals surface area contributed by atoms with Crippen molar-refractivity contribution in [2.24, 2.45) is 0 Å². The Balaban J connectivity index is 2.03. The highest BCUT2D eigenvalue weighted by molar-refractivity contribution is 5.95. The highest BCUT2D eigenvalue weighted by Crippen LogP contribution is 2.34. The number of hydrogen-bond acceptors (Lipinski definition) is 3. The molecule has 0 aliphatic rings. The van der Waals surface area contributed by atoms with Gasteiger partial charge >= 0.3 is 6.18 Å². The summed E-state index contributed by atoms with van der Waals surface area (Å²) in [5.74, 6) is -0.515. The first-order valence-electron chi connectivity index (χ1n) is 7.57. The van der Waals surface area contributed by atoms with Gasteiger partial charge in [0.25, 0.3) is 0 Å². The van der Waals surface area contributed by atoms with E-state index >= 15 is 0 Å². The zero-order valence-electron chi connectivity index (χ0n) is 13.9. The first kappa shape index (κ1) is 18.8. The molecule has 0 saturated carbocycles. The Labute approximate surface area is 144 Å². The molecule has 0 radical (unpaired) electrons. The standard InChI is InChI=1S/C18H19F3N2O2/c1-23(2)16-9-8-14(18(19,20)21)10-15(16)22-17(24)12-25-11-13-6-4-3-5-7-13/h3-10H,11-12H2,1-2H3,(H,22,24). The number of nitrogens with one attached hydrogen (secondary N) is 1. The summed E-state index contributed by atoms with van der Waals surface area (Å²) >= 11 is 0. The molecule has 4 nitrogen and oxygen atoms in total. The summed E-state index contributed by atoms with van der Waals surface area (Å²) in [6, 6.07) is 12.5. The summed E-state index contributed by atoms with van der Waals surface area (Å²) in [6.07, 6.45) is -4.48. The number of hydrogen-bond donors (Lipinski definition) is 1. The van der Waals surface area contributed by atoms with Gasteiger partial charge in [0.05, 0.1) is 23.5 Å². The van der Waals surface area contributed by atoms with Gasteiger partial charge in [-0.1, -0.05) is 30.3 Å². The molecule has 0 aromatic heterocycles. The van der Waals surface area contributed by atoms with Gasteiger partial charge in [0, 0.05) is 14.1 Å². The molecule has 0 heterocycles. The predicted octanol–water partition coefficient (Wildman–Crippen LogP) is 3.93. The van der Waals surface area contributed by atoms with Crippen LogP contribution in [-0.4, -0.2) is 26.6 Å². The van der Waals surface area contributed by atoms with Gasteiger partial charge in [-0.05, 0) is 23.8 Å². The largest absolute Gasteiger partial charge is 0.416 e. The fourth-order valence-corrected chi connectivity index (χ4v) is 2.22. The fourth-order valence-electron chi connectivity index (χ4n) is 2.22. The lowest BCUT2D eigenvalue weighted by Gasteiger charge is -2.19. The van der Waals surface area contributed by atoms with Crippen LogP contribution in [0.2, 0.25) is 0 Å². The van der Waals surface area contributed by atoms with Crippen molar-refractivity contribution in [3.63, 3.8) is 0 Å². The number of carbonyl (C=O) groups excluding carboxylic acids is 1. The molecule has 1 N–H and O–H groups in total. The van der Waals surface area contributed by atoms with E-state index < -0.39 is 17.6 Å². The molecule has 25 heavy (non-hydrogen) atoms. The summed E-state index contributed by atoms with van der Waals surface area (Å²) in [5, 5.41) is 2.49. The number of anilines is 2. The molecule has 0 atom stereocenters. The second-order valence-corrected chi connectivity index (χ2v) is 5.65. The molecule has 2 aromatic rings. The number of amides is 1. The Kier molecular flexibility index (Phi) is 6.03. The molecule has 0 fully saturated rings. The van der Waals surface area contributed by atoms with E-state index in [9.17, 15) is 18.0 Å². The molecular formula is C18H19F3N2O2. The maximum atomic E-state index is 12.9. The van der Waals surface area contributed by atoms with E-state index in [0.29, 0.717) is 5.69 Å². The third-order valence-corrected chi connectivity index (χ3v) is 3.42. The molecule has 0 saturated heterocycles. The third-order valence-electron chi connectivity index (χ3n) is 3.42. The Bertz CT molecular complexity index is 716. The second kappa shape index (κ2) is 8.02. The van der Waals surface area contributed by atoms with Gasteiger partial charge in [-0.25, -0.2) is 0 Å². The molecule has 7 heteroatoms. The maximum absolute atomic E-state index is 12.9. The molecule has 2 aromatic carbocycles. The van der Waals surface area contributed by atoms with Crippen LogP contribution in [-0.2, 0) is 22.3 Å². The van der Waals surface area contributed by atoms with E-state index in [-0.39, 0.29) is 18.9 Å². The van der Waals surface area contributed by atoms with E-state index in [1.54, 1.807) is 19.0 Å².